The van der Waals surface area contributed by atoms with Gasteiger partial charge in [0.05, 0.1) is 0 Å². The van der Waals surface area contributed by atoms with E-state index in [2.05, 4.69) is 30.0 Å². The maximum Gasteiger partial charge on any atom is 0.303 e. The van der Waals surface area contributed by atoms with Gasteiger partial charge in [-0.15, -0.1) is 0 Å². The summed E-state index contributed by atoms with van der Waals surface area (Å²) in [6, 6.07) is 8.48. The second kappa shape index (κ2) is 8.21. The van der Waals surface area contributed by atoms with E-state index < -0.39 is 5.97 Å². The lowest BCUT2D eigenvalue weighted by atomic mass is 9.73. The standard InChI is InChI=1S/C21H30N2O3/c1-2-22-12-10-21(11-13-22)14-17-6-3-4-7-18(17)15-23(16-21)19(24)8-5-9-20(25)26/h3-4,6-7H,2,5,8-16H2,1H3,(H,25,26). The average Bonchev–Trinajstić information content (AvgIpc) is 2.78. The Morgan fingerprint density at radius 1 is 1.12 bits per heavy atom. The van der Waals surface area contributed by atoms with Crippen LogP contribution in [-0.2, 0) is 22.6 Å². The number of carbonyl (C=O) groups excluding carboxylic acids is 1. The minimum absolute atomic E-state index is 0.0623. The third-order valence-corrected chi connectivity index (χ3v) is 6.07. The van der Waals surface area contributed by atoms with Gasteiger partial charge in [-0.1, -0.05) is 31.2 Å². The van der Waals surface area contributed by atoms with Crippen LogP contribution in [0.15, 0.2) is 24.3 Å². The highest BCUT2D eigenvalue weighted by atomic mass is 16.4. The number of carbonyl (C=O) groups is 2. The molecule has 0 aromatic heterocycles. The summed E-state index contributed by atoms with van der Waals surface area (Å²) in [5.74, 6) is -0.734. The fourth-order valence-corrected chi connectivity index (χ4v) is 4.41. The van der Waals surface area contributed by atoms with Crippen LogP contribution in [0.3, 0.4) is 0 Å². The molecule has 142 valence electrons. The Balaban J connectivity index is 1.77. The van der Waals surface area contributed by atoms with Crippen molar-refractivity contribution in [1.29, 1.82) is 0 Å². The second-order valence-electron chi connectivity index (χ2n) is 7.88. The molecule has 0 atom stereocenters. The first-order valence-corrected chi connectivity index (χ1v) is 9.80. The third-order valence-electron chi connectivity index (χ3n) is 6.07. The van der Waals surface area contributed by atoms with Gasteiger partial charge in [0.2, 0.25) is 5.91 Å². The largest absolute Gasteiger partial charge is 0.481 e. The molecule has 1 amide bonds. The topological polar surface area (TPSA) is 60.9 Å². The van der Waals surface area contributed by atoms with Crippen LogP contribution in [0.5, 0.6) is 0 Å². The summed E-state index contributed by atoms with van der Waals surface area (Å²) in [7, 11) is 0. The number of benzene rings is 1. The zero-order valence-electron chi connectivity index (χ0n) is 15.7. The molecule has 2 aliphatic rings. The SMILES string of the molecule is CCN1CCC2(CC1)Cc1ccccc1CN(C(=O)CCCC(=O)O)C2. The van der Waals surface area contributed by atoms with Gasteiger partial charge in [-0.3, -0.25) is 9.59 Å². The van der Waals surface area contributed by atoms with Crippen LogP contribution >= 0.6 is 0 Å². The normalized spacial score (nSPS) is 19.8. The first-order chi connectivity index (χ1) is 12.5. The molecule has 5 nitrogen and oxygen atoms in total. The quantitative estimate of drug-likeness (QED) is 0.879. The summed E-state index contributed by atoms with van der Waals surface area (Å²) in [4.78, 5) is 28.0. The van der Waals surface area contributed by atoms with E-state index in [1.165, 1.54) is 11.1 Å². The molecule has 0 saturated carbocycles. The molecule has 1 aromatic rings. The fraction of sp³-hybridized carbons (Fsp3) is 0.619. The number of carboxylic acid groups (broad SMARTS) is 1. The van der Waals surface area contributed by atoms with Crippen LogP contribution in [0, 0.1) is 5.41 Å². The molecular weight excluding hydrogens is 328 g/mol. The van der Waals surface area contributed by atoms with Crippen LogP contribution in [-0.4, -0.2) is 53.0 Å². The minimum atomic E-state index is -0.831. The smallest absolute Gasteiger partial charge is 0.303 e. The zero-order chi connectivity index (χ0) is 18.6. The van der Waals surface area contributed by atoms with Gasteiger partial charge in [0.1, 0.15) is 0 Å². The molecule has 0 radical (unpaired) electrons. The third kappa shape index (κ3) is 4.44. The first kappa shape index (κ1) is 18.9. The van der Waals surface area contributed by atoms with Crippen LogP contribution < -0.4 is 0 Å². The molecule has 1 aromatic carbocycles. The fourth-order valence-electron chi connectivity index (χ4n) is 4.41. The molecule has 0 unspecified atom stereocenters. The summed E-state index contributed by atoms with van der Waals surface area (Å²) in [5.41, 5.74) is 2.77. The molecule has 1 fully saturated rings. The van der Waals surface area contributed by atoms with Crippen molar-refractivity contribution in [2.75, 3.05) is 26.2 Å². The number of aliphatic carboxylic acids is 1. The molecule has 0 bridgehead atoms. The Morgan fingerprint density at radius 3 is 2.46 bits per heavy atom. The second-order valence-corrected chi connectivity index (χ2v) is 7.88. The number of amides is 1. The Bertz CT molecular complexity index is 650. The van der Waals surface area contributed by atoms with E-state index in [0.29, 0.717) is 19.4 Å². The van der Waals surface area contributed by atoms with Gasteiger partial charge in [0.25, 0.3) is 0 Å². The van der Waals surface area contributed by atoms with Crippen molar-refractivity contribution in [1.82, 2.24) is 9.80 Å². The van der Waals surface area contributed by atoms with Gasteiger partial charge >= 0.3 is 5.97 Å². The minimum Gasteiger partial charge on any atom is -0.481 e. The molecule has 1 spiro atoms. The molecule has 5 heteroatoms. The predicted molar refractivity (Wildman–Crippen MR) is 101 cm³/mol. The molecule has 26 heavy (non-hydrogen) atoms. The Morgan fingerprint density at radius 2 is 1.81 bits per heavy atom. The molecule has 0 aliphatic carbocycles. The highest BCUT2D eigenvalue weighted by molar-refractivity contribution is 5.77. The molecule has 1 N–H and O–H groups in total. The summed E-state index contributed by atoms with van der Waals surface area (Å²) in [6.45, 7) is 6.94. The van der Waals surface area contributed by atoms with Crippen LogP contribution in [0.1, 0.15) is 50.2 Å². The van der Waals surface area contributed by atoms with Crippen molar-refractivity contribution >= 4 is 11.9 Å². The van der Waals surface area contributed by atoms with Crippen molar-refractivity contribution in [3.05, 3.63) is 35.4 Å². The zero-order valence-corrected chi connectivity index (χ0v) is 15.7. The number of piperidine rings is 1. The summed E-state index contributed by atoms with van der Waals surface area (Å²) in [6.07, 6.45) is 4.09. The molecule has 2 aliphatic heterocycles. The summed E-state index contributed by atoms with van der Waals surface area (Å²) in [5, 5.41) is 8.83. The maximum atomic E-state index is 12.8. The Hall–Kier alpha value is -1.88. The van der Waals surface area contributed by atoms with Crippen molar-refractivity contribution in [3.63, 3.8) is 0 Å². The van der Waals surface area contributed by atoms with Crippen LogP contribution in [0.25, 0.3) is 0 Å². The maximum absolute atomic E-state index is 12.8. The lowest BCUT2D eigenvalue weighted by Gasteiger charge is -2.43. The molecular formula is C21H30N2O3. The van der Waals surface area contributed by atoms with Crippen LogP contribution in [0.2, 0.25) is 0 Å². The number of nitrogens with zero attached hydrogens (tertiary/aromatic N) is 2. The van der Waals surface area contributed by atoms with Crippen molar-refractivity contribution in [3.8, 4) is 0 Å². The van der Waals surface area contributed by atoms with E-state index in [9.17, 15) is 9.59 Å². The van der Waals surface area contributed by atoms with E-state index in [1.54, 1.807) is 0 Å². The van der Waals surface area contributed by atoms with Crippen LogP contribution in [0.4, 0.5) is 0 Å². The number of hydrogen-bond donors (Lipinski definition) is 1. The average molecular weight is 358 g/mol. The Labute approximate surface area is 156 Å². The number of carboxylic acids is 1. The summed E-state index contributed by atoms with van der Waals surface area (Å²) >= 11 is 0. The van der Waals surface area contributed by atoms with Gasteiger partial charge in [0.15, 0.2) is 0 Å². The highest BCUT2D eigenvalue weighted by Gasteiger charge is 2.39. The van der Waals surface area contributed by atoms with E-state index >= 15 is 0 Å². The first-order valence-electron chi connectivity index (χ1n) is 9.80. The molecule has 2 heterocycles. The van der Waals surface area contributed by atoms with Crippen molar-refractivity contribution in [2.45, 2.75) is 52.0 Å². The van der Waals surface area contributed by atoms with E-state index in [-0.39, 0.29) is 17.7 Å². The number of likely N-dealkylation sites (tertiary alicyclic amines) is 1. The van der Waals surface area contributed by atoms with E-state index in [1.807, 2.05) is 11.0 Å². The van der Waals surface area contributed by atoms with Gasteiger partial charge < -0.3 is 14.9 Å². The molecule has 1 saturated heterocycles. The van der Waals surface area contributed by atoms with Gasteiger partial charge in [0, 0.05) is 25.9 Å². The van der Waals surface area contributed by atoms with Crippen molar-refractivity contribution in [2.24, 2.45) is 5.41 Å². The Kier molecular flexibility index (Phi) is 5.97. The van der Waals surface area contributed by atoms with Crippen molar-refractivity contribution < 1.29 is 14.7 Å². The predicted octanol–water partition coefficient (Wildman–Crippen LogP) is 2.93. The van der Waals surface area contributed by atoms with Gasteiger partial charge in [-0.2, -0.15) is 0 Å². The monoisotopic (exact) mass is 358 g/mol. The van der Waals surface area contributed by atoms with E-state index in [0.717, 1.165) is 45.4 Å². The number of rotatable bonds is 5. The lowest BCUT2D eigenvalue weighted by molar-refractivity contribution is -0.137. The number of fused-ring (bicyclic) bond motifs is 1. The van der Waals surface area contributed by atoms with Gasteiger partial charge in [-0.05, 0) is 61.9 Å². The number of hydrogen-bond acceptors (Lipinski definition) is 3. The van der Waals surface area contributed by atoms with E-state index in [4.69, 9.17) is 5.11 Å². The lowest BCUT2D eigenvalue weighted by Crippen LogP contribution is -2.47. The molecule has 3 rings (SSSR count). The highest BCUT2D eigenvalue weighted by Crippen LogP contribution is 2.39. The summed E-state index contributed by atoms with van der Waals surface area (Å²) < 4.78 is 0. The van der Waals surface area contributed by atoms with Gasteiger partial charge in [-0.25, -0.2) is 0 Å².